The van der Waals surface area contributed by atoms with E-state index < -0.39 is 5.82 Å². The van der Waals surface area contributed by atoms with Crippen molar-refractivity contribution in [1.29, 1.82) is 10.5 Å². The molecular formula is C9H3BrFIN4. The Kier molecular flexibility index (Phi) is 4.65. The van der Waals surface area contributed by atoms with Gasteiger partial charge in [0.15, 0.2) is 5.82 Å². The average Bonchev–Trinajstić information content (AvgIpc) is 2.29. The van der Waals surface area contributed by atoms with Crippen LogP contribution < -0.4 is 5.43 Å². The number of halogens is 3. The van der Waals surface area contributed by atoms with Crippen LogP contribution in [-0.2, 0) is 0 Å². The molecule has 1 aromatic carbocycles. The third-order valence-electron chi connectivity index (χ3n) is 1.54. The Hall–Kier alpha value is -1.19. The zero-order valence-electron chi connectivity index (χ0n) is 7.63. The summed E-state index contributed by atoms with van der Waals surface area (Å²) in [5.74, 6) is -0.522. The summed E-state index contributed by atoms with van der Waals surface area (Å²) in [5.41, 5.74) is 2.11. The fraction of sp³-hybridized carbons (Fsp3) is 0. The Labute approximate surface area is 113 Å². The van der Waals surface area contributed by atoms with Crippen LogP contribution in [0.3, 0.4) is 0 Å². The predicted molar refractivity (Wildman–Crippen MR) is 69.1 cm³/mol. The maximum absolute atomic E-state index is 13.6. The van der Waals surface area contributed by atoms with E-state index in [1.54, 1.807) is 24.3 Å². The van der Waals surface area contributed by atoms with E-state index in [4.69, 9.17) is 10.5 Å². The first-order chi connectivity index (χ1) is 7.60. The van der Waals surface area contributed by atoms with Crippen LogP contribution in [0.2, 0.25) is 0 Å². The maximum atomic E-state index is 13.6. The van der Waals surface area contributed by atoms with Crippen LogP contribution >= 0.6 is 38.5 Å². The number of nitriles is 2. The van der Waals surface area contributed by atoms with E-state index in [1.165, 1.54) is 0 Å². The largest absolute Gasteiger partial charge is 0.272 e. The lowest BCUT2D eigenvalue weighted by Gasteiger charge is -2.05. The van der Waals surface area contributed by atoms with Gasteiger partial charge in [-0.05, 0) is 50.7 Å². The molecule has 1 rings (SSSR count). The second-order valence-electron chi connectivity index (χ2n) is 2.51. The van der Waals surface area contributed by atoms with Gasteiger partial charge in [0.2, 0.25) is 5.71 Å². The number of nitrogens with one attached hydrogen (secondary N) is 1. The van der Waals surface area contributed by atoms with E-state index in [0.717, 1.165) is 0 Å². The van der Waals surface area contributed by atoms with Crippen LogP contribution in [0.15, 0.2) is 21.7 Å². The Morgan fingerprint density at radius 2 is 2.06 bits per heavy atom. The number of anilines is 1. The topological polar surface area (TPSA) is 72.0 Å². The Morgan fingerprint density at radius 1 is 1.44 bits per heavy atom. The van der Waals surface area contributed by atoms with Gasteiger partial charge in [-0.15, -0.1) is 0 Å². The van der Waals surface area contributed by atoms with Gasteiger partial charge in [0.05, 0.1) is 4.47 Å². The maximum Gasteiger partial charge on any atom is 0.237 e. The molecule has 0 aromatic heterocycles. The van der Waals surface area contributed by atoms with E-state index in [-0.39, 0.29) is 15.9 Å². The lowest BCUT2D eigenvalue weighted by atomic mass is 10.3. The molecule has 16 heavy (non-hydrogen) atoms. The normalized spacial score (nSPS) is 8.81. The Balaban J connectivity index is 3.09. The minimum Gasteiger partial charge on any atom is -0.272 e. The lowest BCUT2D eigenvalue weighted by molar-refractivity contribution is 0.623. The minimum absolute atomic E-state index is 0.123. The van der Waals surface area contributed by atoms with E-state index in [9.17, 15) is 4.39 Å². The molecule has 1 N–H and O–H groups in total. The number of benzene rings is 1. The lowest BCUT2D eigenvalue weighted by Crippen LogP contribution is -2.00. The molecule has 0 saturated carbocycles. The fourth-order valence-corrected chi connectivity index (χ4v) is 1.68. The van der Waals surface area contributed by atoms with Crippen molar-refractivity contribution in [3.8, 4) is 12.1 Å². The summed E-state index contributed by atoms with van der Waals surface area (Å²) in [6.07, 6.45) is 0. The molecule has 7 heteroatoms. The predicted octanol–water partition coefficient (Wildman–Crippen LogP) is 3.01. The van der Waals surface area contributed by atoms with Crippen molar-refractivity contribution in [2.45, 2.75) is 0 Å². The first-order valence-corrected chi connectivity index (χ1v) is 5.74. The summed E-state index contributed by atoms with van der Waals surface area (Å²) < 4.78 is 14.4. The van der Waals surface area contributed by atoms with Crippen molar-refractivity contribution in [3.05, 3.63) is 26.0 Å². The van der Waals surface area contributed by atoms with Gasteiger partial charge in [0.1, 0.15) is 17.8 Å². The molecule has 0 amide bonds. The smallest absolute Gasteiger partial charge is 0.237 e. The highest BCUT2D eigenvalue weighted by Gasteiger charge is 2.10. The number of hydrogen-bond donors (Lipinski definition) is 1. The van der Waals surface area contributed by atoms with Gasteiger partial charge in [-0.2, -0.15) is 15.6 Å². The molecule has 0 unspecified atom stereocenters. The first kappa shape index (κ1) is 12.9. The summed E-state index contributed by atoms with van der Waals surface area (Å²) in [6, 6.07) is 6.36. The van der Waals surface area contributed by atoms with E-state index in [1.807, 2.05) is 22.6 Å². The van der Waals surface area contributed by atoms with Crippen LogP contribution in [0.1, 0.15) is 0 Å². The van der Waals surface area contributed by atoms with Crippen LogP contribution in [0.25, 0.3) is 0 Å². The van der Waals surface area contributed by atoms with Gasteiger partial charge < -0.3 is 0 Å². The molecule has 0 atom stereocenters. The third kappa shape index (κ3) is 2.90. The van der Waals surface area contributed by atoms with E-state index in [2.05, 4.69) is 26.5 Å². The van der Waals surface area contributed by atoms with Gasteiger partial charge in [-0.3, -0.25) is 5.43 Å². The Bertz CT molecular complexity index is 514. The van der Waals surface area contributed by atoms with Crippen molar-refractivity contribution in [2.24, 2.45) is 5.10 Å². The Morgan fingerprint density at radius 3 is 2.62 bits per heavy atom. The van der Waals surface area contributed by atoms with Crippen molar-refractivity contribution in [3.63, 3.8) is 0 Å². The van der Waals surface area contributed by atoms with Crippen molar-refractivity contribution in [1.82, 2.24) is 0 Å². The SMILES string of the molecule is N#CC(C#N)=NNc1c(I)ccc(Br)c1F. The summed E-state index contributed by atoms with van der Waals surface area (Å²) in [6.45, 7) is 0. The third-order valence-corrected chi connectivity index (χ3v) is 3.05. The molecule has 0 radical (unpaired) electrons. The summed E-state index contributed by atoms with van der Waals surface area (Å²) >= 11 is 4.94. The molecule has 0 spiro atoms. The molecule has 0 aliphatic heterocycles. The fourth-order valence-electron chi connectivity index (χ4n) is 0.816. The number of hydrogen-bond acceptors (Lipinski definition) is 4. The van der Waals surface area contributed by atoms with Gasteiger partial charge in [0.25, 0.3) is 0 Å². The molecule has 4 nitrogen and oxygen atoms in total. The summed E-state index contributed by atoms with van der Waals surface area (Å²) in [4.78, 5) is 0. The number of rotatable bonds is 2. The molecular weight excluding hydrogens is 390 g/mol. The molecule has 0 saturated heterocycles. The number of nitrogens with zero attached hydrogens (tertiary/aromatic N) is 3. The monoisotopic (exact) mass is 392 g/mol. The van der Waals surface area contributed by atoms with Crippen molar-refractivity contribution < 1.29 is 4.39 Å². The highest BCUT2D eigenvalue weighted by Crippen LogP contribution is 2.27. The van der Waals surface area contributed by atoms with Crippen LogP contribution in [0.5, 0.6) is 0 Å². The highest BCUT2D eigenvalue weighted by atomic mass is 127. The molecule has 1 aromatic rings. The zero-order valence-corrected chi connectivity index (χ0v) is 11.4. The van der Waals surface area contributed by atoms with Gasteiger partial charge in [0, 0.05) is 3.57 Å². The van der Waals surface area contributed by atoms with E-state index in [0.29, 0.717) is 3.57 Å². The van der Waals surface area contributed by atoms with Crippen molar-refractivity contribution >= 4 is 49.9 Å². The first-order valence-electron chi connectivity index (χ1n) is 3.87. The molecule has 0 aliphatic carbocycles. The second kappa shape index (κ2) is 5.77. The summed E-state index contributed by atoms with van der Waals surface area (Å²) in [7, 11) is 0. The average molecular weight is 393 g/mol. The highest BCUT2D eigenvalue weighted by molar-refractivity contribution is 14.1. The molecule has 0 heterocycles. The quantitative estimate of drug-likeness (QED) is 0.364. The molecule has 80 valence electrons. The van der Waals surface area contributed by atoms with Gasteiger partial charge in [-0.1, -0.05) is 0 Å². The minimum atomic E-state index is -0.522. The van der Waals surface area contributed by atoms with Gasteiger partial charge in [-0.25, -0.2) is 4.39 Å². The molecule has 0 fully saturated rings. The van der Waals surface area contributed by atoms with E-state index >= 15 is 0 Å². The molecule has 0 aliphatic rings. The van der Waals surface area contributed by atoms with Crippen molar-refractivity contribution in [2.75, 3.05) is 5.43 Å². The summed E-state index contributed by atoms with van der Waals surface area (Å²) in [5, 5.41) is 20.4. The molecule has 0 bridgehead atoms. The second-order valence-corrected chi connectivity index (χ2v) is 4.53. The van der Waals surface area contributed by atoms with Crippen LogP contribution in [0.4, 0.5) is 10.1 Å². The van der Waals surface area contributed by atoms with Gasteiger partial charge >= 0.3 is 0 Å². The number of hydrazone groups is 1. The van der Waals surface area contributed by atoms with Crippen LogP contribution in [-0.4, -0.2) is 5.71 Å². The standard InChI is InChI=1S/C9H3BrFIN4/c10-6-1-2-7(12)9(8(6)11)16-15-5(3-13)4-14/h1-2,16H. The zero-order chi connectivity index (χ0) is 12.1. The van der Waals surface area contributed by atoms with Crippen LogP contribution in [0, 0.1) is 32.0 Å².